The van der Waals surface area contributed by atoms with Gasteiger partial charge in [0.2, 0.25) is 0 Å². The highest BCUT2D eigenvalue weighted by Crippen LogP contribution is 2.24. The largest absolute Gasteiger partial charge is 0.396 e. The Kier molecular flexibility index (Phi) is 10.3. The molecule has 0 aliphatic carbocycles. The summed E-state index contributed by atoms with van der Waals surface area (Å²) in [5, 5.41) is 17.5. The van der Waals surface area contributed by atoms with Gasteiger partial charge in [-0.3, -0.25) is 0 Å². The Morgan fingerprint density at radius 3 is 1.44 bits per heavy atom. The van der Waals surface area contributed by atoms with Crippen LogP contribution in [0.2, 0.25) is 0 Å². The Hall–Kier alpha value is -0.0800. The van der Waals surface area contributed by atoms with Crippen LogP contribution >= 0.6 is 0 Å². The van der Waals surface area contributed by atoms with Gasteiger partial charge in [0, 0.05) is 13.2 Å². The summed E-state index contributed by atoms with van der Waals surface area (Å²) in [7, 11) is 0. The molecular formula is C14H32O2. The fourth-order valence-electron chi connectivity index (χ4n) is 0.994. The van der Waals surface area contributed by atoms with Crippen LogP contribution in [0.25, 0.3) is 0 Å². The van der Waals surface area contributed by atoms with Crippen molar-refractivity contribution in [2.24, 2.45) is 23.2 Å². The molecule has 2 heteroatoms. The van der Waals surface area contributed by atoms with Gasteiger partial charge >= 0.3 is 0 Å². The Balaban J connectivity index is 0. The third-order valence-corrected chi connectivity index (χ3v) is 3.67. The lowest BCUT2D eigenvalue weighted by molar-refractivity contribution is 0.113. The van der Waals surface area contributed by atoms with Gasteiger partial charge in [-0.25, -0.2) is 0 Å². The molecule has 0 saturated heterocycles. The van der Waals surface area contributed by atoms with Crippen LogP contribution in [0.15, 0.2) is 0 Å². The van der Waals surface area contributed by atoms with Gasteiger partial charge in [0.15, 0.2) is 0 Å². The van der Waals surface area contributed by atoms with Crippen molar-refractivity contribution in [3.05, 3.63) is 0 Å². The zero-order valence-electron chi connectivity index (χ0n) is 12.2. The van der Waals surface area contributed by atoms with Crippen molar-refractivity contribution in [3.8, 4) is 0 Å². The van der Waals surface area contributed by atoms with Gasteiger partial charge in [-0.1, -0.05) is 54.9 Å². The zero-order valence-corrected chi connectivity index (χ0v) is 12.2. The molecule has 0 rings (SSSR count). The topological polar surface area (TPSA) is 40.5 Å². The Bertz CT molecular complexity index is 147. The van der Waals surface area contributed by atoms with Gasteiger partial charge in [-0.15, -0.1) is 0 Å². The second kappa shape index (κ2) is 9.00. The van der Waals surface area contributed by atoms with Crippen molar-refractivity contribution in [2.45, 2.75) is 54.9 Å². The van der Waals surface area contributed by atoms with E-state index in [0.717, 1.165) is 6.42 Å². The summed E-state index contributed by atoms with van der Waals surface area (Å²) in [6.45, 7) is 15.4. The molecule has 2 N–H and O–H groups in total. The van der Waals surface area contributed by atoms with E-state index in [4.69, 9.17) is 10.2 Å². The molecule has 0 bridgehead atoms. The highest BCUT2D eigenvalue weighted by atomic mass is 16.3. The van der Waals surface area contributed by atoms with Crippen LogP contribution in [0, 0.1) is 23.2 Å². The molecule has 0 heterocycles. The van der Waals surface area contributed by atoms with E-state index >= 15 is 0 Å². The SMILES string of the molecule is CC(C)C(C)(C)CO.CCC(CO)C(C)C. The van der Waals surface area contributed by atoms with Gasteiger partial charge in [0.05, 0.1) is 0 Å². The summed E-state index contributed by atoms with van der Waals surface area (Å²) < 4.78 is 0. The first-order valence-corrected chi connectivity index (χ1v) is 6.44. The summed E-state index contributed by atoms with van der Waals surface area (Å²) >= 11 is 0. The van der Waals surface area contributed by atoms with Gasteiger partial charge in [-0.05, 0) is 23.2 Å². The maximum Gasteiger partial charge on any atom is 0.0484 e. The monoisotopic (exact) mass is 232 g/mol. The van der Waals surface area contributed by atoms with Gasteiger partial charge < -0.3 is 10.2 Å². The van der Waals surface area contributed by atoms with Crippen LogP contribution in [0.4, 0.5) is 0 Å². The number of rotatable bonds is 5. The summed E-state index contributed by atoms with van der Waals surface area (Å²) in [5.74, 6) is 1.70. The maximum atomic E-state index is 8.76. The van der Waals surface area contributed by atoms with Crippen molar-refractivity contribution in [1.82, 2.24) is 0 Å². The van der Waals surface area contributed by atoms with E-state index in [-0.39, 0.29) is 12.0 Å². The molecule has 2 nitrogen and oxygen atoms in total. The summed E-state index contributed by atoms with van der Waals surface area (Å²) in [4.78, 5) is 0. The van der Waals surface area contributed by atoms with Crippen LogP contribution in [-0.4, -0.2) is 23.4 Å². The van der Waals surface area contributed by atoms with Crippen LogP contribution in [0.5, 0.6) is 0 Å². The smallest absolute Gasteiger partial charge is 0.0484 e. The molecule has 0 amide bonds. The van der Waals surface area contributed by atoms with Crippen LogP contribution in [0.1, 0.15) is 54.9 Å². The number of hydrogen-bond acceptors (Lipinski definition) is 2. The van der Waals surface area contributed by atoms with E-state index in [1.807, 2.05) is 0 Å². The fraction of sp³-hybridized carbons (Fsp3) is 1.00. The molecule has 0 aromatic carbocycles. The molecule has 0 radical (unpaired) electrons. The van der Waals surface area contributed by atoms with Crippen molar-refractivity contribution in [3.63, 3.8) is 0 Å². The van der Waals surface area contributed by atoms with E-state index in [2.05, 4.69) is 48.5 Å². The second-order valence-corrected chi connectivity index (χ2v) is 5.90. The maximum absolute atomic E-state index is 8.76. The van der Waals surface area contributed by atoms with Crippen molar-refractivity contribution < 1.29 is 10.2 Å². The summed E-state index contributed by atoms with van der Waals surface area (Å²) in [5.41, 5.74) is 0.0972. The molecule has 100 valence electrons. The van der Waals surface area contributed by atoms with E-state index in [9.17, 15) is 0 Å². The average molecular weight is 232 g/mol. The average Bonchev–Trinajstić information content (AvgIpc) is 2.19. The molecule has 1 unspecified atom stereocenters. The van der Waals surface area contributed by atoms with Crippen LogP contribution < -0.4 is 0 Å². The lowest BCUT2D eigenvalue weighted by Gasteiger charge is -2.25. The highest BCUT2D eigenvalue weighted by molar-refractivity contribution is 4.69. The molecule has 0 spiro atoms. The molecular weight excluding hydrogens is 200 g/mol. The molecule has 0 saturated carbocycles. The summed E-state index contributed by atoms with van der Waals surface area (Å²) in [6.07, 6.45) is 1.09. The third kappa shape index (κ3) is 8.12. The van der Waals surface area contributed by atoms with E-state index in [1.54, 1.807) is 0 Å². The lowest BCUT2D eigenvalue weighted by Crippen LogP contribution is -2.23. The third-order valence-electron chi connectivity index (χ3n) is 3.67. The first kappa shape index (κ1) is 18.3. The Labute approximate surface area is 102 Å². The minimum atomic E-state index is 0.0972. The minimum absolute atomic E-state index is 0.0972. The molecule has 0 aromatic heterocycles. The number of hydrogen-bond donors (Lipinski definition) is 2. The molecule has 16 heavy (non-hydrogen) atoms. The zero-order chi connectivity index (χ0) is 13.4. The molecule has 1 atom stereocenters. The van der Waals surface area contributed by atoms with Crippen LogP contribution in [-0.2, 0) is 0 Å². The quantitative estimate of drug-likeness (QED) is 0.763. The Morgan fingerprint density at radius 2 is 1.44 bits per heavy atom. The molecule has 0 fully saturated rings. The minimum Gasteiger partial charge on any atom is -0.396 e. The lowest BCUT2D eigenvalue weighted by atomic mass is 9.82. The van der Waals surface area contributed by atoms with E-state index < -0.39 is 0 Å². The van der Waals surface area contributed by atoms with Gasteiger partial charge in [-0.2, -0.15) is 0 Å². The highest BCUT2D eigenvalue weighted by Gasteiger charge is 2.20. The van der Waals surface area contributed by atoms with E-state index in [0.29, 0.717) is 24.4 Å². The summed E-state index contributed by atoms with van der Waals surface area (Å²) in [6, 6.07) is 0. The van der Waals surface area contributed by atoms with Gasteiger partial charge in [0.25, 0.3) is 0 Å². The van der Waals surface area contributed by atoms with Crippen molar-refractivity contribution in [2.75, 3.05) is 13.2 Å². The Morgan fingerprint density at radius 1 is 1.00 bits per heavy atom. The standard InChI is InChI=1S/2C7H16O/c1-6(2)7(3,4)5-8;1-4-7(5-8)6(2)3/h6,8H,5H2,1-4H3;6-8H,4-5H2,1-3H3. The second-order valence-electron chi connectivity index (χ2n) is 5.90. The molecule has 0 aliphatic rings. The number of aliphatic hydroxyl groups is 2. The normalized spacial score (nSPS) is 13.7. The molecule has 0 aromatic rings. The van der Waals surface area contributed by atoms with E-state index in [1.165, 1.54) is 0 Å². The van der Waals surface area contributed by atoms with Crippen molar-refractivity contribution >= 4 is 0 Å². The van der Waals surface area contributed by atoms with Crippen LogP contribution in [0.3, 0.4) is 0 Å². The molecule has 0 aliphatic heterocycles. The number of aliphatic hydroxyl groups excluding tert-OH is 2. The predicted octanol–water partition coefficient (Wildman–Crippen LogP) is 3.32. The first-order valence-electron chi connectivity index (χ1n) is 6.44. The van der Waals surface area contributed by atoms with Crippen molar-refractivity contribution in [1.29, 1.82) is 0 Å². The first-order chi connectivity index (χ1) is 7.22. The van der Waals surface area contributed by atoms with Gasteiger partial charge in [0.1, 0.15) is 0 Å². The predicted molar refractivity (Wildman–Crippen MR) is 71.4 cm³/mol. The fourth-order valence-corrected chi connectivity index (χ4v) is 0.994.